The van der Waals surface area contributed by atoms with Crippen LogP contribution in [0.4, 0.5) is 13.9 Å². The third kappa shape index (κ3) is 4.67. The number of carbonyl (C=O) groups excluding carboxylic acids is 1. The molecule has 1 aliphatic carbocycles. The molecule has 1 amide bonds. The van der Waals surface area contributed by atoms with E-state index < -0.39 is 6.61 Å². The van der Waals surface area contributed by atoms with Crippen LogP contribution in [0.25, 0.3) is 22.2 Å². The number of nitrogens with zero attached hydrogens (tertiary/aromatic N) is 3. The lowest BCUT2D eigenvalue weighted by Gasteiger charge is -2.12. The summed E-state index contributed by atoms with van der Waals surface area (Å²) in [6.07, 6.45) is 2.29. The van der Waals surface area contributed by atoms with Gasteiger partial charge in [-0.3, -0.25) is 14.2 Å². The van der Waals surface area contributed by atoms with Crippen LogP contribution in [0.5, 0.6) is 5.75 Å². The first-order chi connectivity index (χ1) is 16.5. The van der Waals surface area contributed by atoms with Gasteiger partial charge >= 0.3 is 6.61 Å². The van der Waals surface area contributed by atoms with Gasteiger partial charge in [-0.25, -0.2) is 9.97 Å². The van der Waals surface area contributed by atoms with Gasteiger partial charge in [-0.05, 0) is 37.1 Å². The van der Waals surface area contributed by atoms with Crippen molar-refractivity contribution in [1.29, 1.82) is 0 Å². The van der Waals surface area contributed by atoms with Gasteiger partial charge in [0.25, 0.3) is 5.56 Å². The Kier molecular flexibility index (Phi) is 6.06. The number of carbonyl (C=O) groups is 1. The van der Waals surface area contributed by atoms with Crippen LogP contribution in [0, 0.1) is 0 Å². The molecule has 0 aliphatic heterocycles. The lowest BCUT2D eigenvalue weighted by atomic mass is 10.1. The minimum absolute atomic E-state index is 0.0149. The number of hydrogen-bond acceptors (Lipinski definition) is 6. The Bertz CT molecular complexity index is 1410. The van der Waals surface area contributed by atoms with E-state index in [9.17, 15) is 18.4 Å². The molecule has 4 aromatic rings. The van der Waals surface area contributed by atoms with E-state index >= 15 is 0 Å². The van der Waals surface area contributed by atoms with Gasteiger partial charge in [0.15, 0.2) is 5.13 Å². The summed E-state index contributed by atoms with van der Waals surface area (Å²) in [5.41, 5.74) is 1.38. The molecule has 34 heavy (non-hydrogen) atoms. The van der Waals surface area contributed by atoms with Crippen molar-refractivity contribution in [3.05, 3.63) is 70.1 Å². The predicted molar refractivity (Wildman–Crippen MR) is 125 cm³/mol. The fourth-order valence-corrected chi connectivity index (χ4v) is 4.54. The van der Waals surface area contributed by atoms with Crippen molar-refractivity contribution >= 4 is 33.3 Å². The summed E-state index contributed by atoms with van der Waals surface area (Å²) in [7, 11) is 0. The Hall–Kier alpha value is -3.66. The largest absolute Gasteiger partial charge is 0.434 e. The van der Waals surface area contributed by atoms with Crippen LogP contribution in [0.2, 0.25) is 0 Å². The summed E-state index contributed by atoms with van der Waals surface area (Å²) in [5.74, 6) is 0.336. The normalized spacial score (nSPS) is 13.4. The Balaban J connectivity index is 1.30. The van der Waals surface area contributed by atoms with E-state index in [4.69, 9.17) is 0 Å². The van der Waals surface area contributed by atoms with E-state index in [-0.39, 0.29) is 29.7 Å². The highest BCUT2D eigenvalue weighted by molar-refractivity contribution is 7.14. The summed E-state index contributed by atoms with van der Waals surface area (Å²) >= 11 is 1.19. The van der Waals surface area contributed by atoms with Gasteiger partial charge in [-0.1, -0.05) is 24.3 Å². The zero-order chi connectivity index (χ0) is 23.7. The van der Waals surface area contributed by atoms with E-state index in [2.05, 4.69) is 20.0 Å². The summed E-state index contributed by atoms with van der Waals surface area (Å²) < 4.78 is 31.7. The molecular formula is C24H20F2N4O3S. The SMILES string of the molecule is O=C(CCc1nc2ccccc2c(=O)n1C1CC1)Nc1nc(-c2ccccc2OC(F)F)cs1. The first-order valence-electron chi connectivity index (χ1n) is 10.8. The van der Waals surface area contributed by atoms with Crippen molar-refractivity contribution in [2.24, 2.45) is 0 Å². The van der Waals surface area contributed by atoms with Crippen molar-refractivity contribution < 1.29 is 18.3 Å². The van der Waals surface area contributed by atoms with Gasteiger partial charge in [-0.2, -0.15) is 8.78 Å². The monoisotopic (exact) mass is 482 g/mol. The summed E-state index contributed by atoms with van der Waals surface area (Å²) in [4.78, 5) is 34.6. The van der Waals surface area contributed by atoms with Crippen LogP contribution in [0.15, 0.2) is 58.7 Å². The summed E-state index contributed by atoms with van der Waals surface area (Å²) in [5, 5.41) is 5.33. The minimum Gasteiger partial charge on any atom is -0.434 e. The number of hydrogen-bond donors (Lipinski definition) is 1. The summed E-state index contributed by atoms with van der Waals surface area (Å²) in [6.45, 7) is -2.95. The Labute approximate surface area is 197 Å². The van der Waals surface area contributed by atoms with E-state index in [0.717, 1.165) is 12.8 Å². The maximum Gasteiger partial charge on any atom is 0.387 e. The molecule has 2 aromatic heterocycles. The zero-order valence-corrected chi connectivity index (χ0v) is 18.7. The van der Waals surface area contributed by atoms with Crippen LogP contribution in [0.3, 0.4) is 0 Å². The van der Waals surface area contributed by atoms with Gasteiger partial charge in [-0.15, -0.1) is 11.3 Å². The van der Waals surface area contributed by atoms with Gasteiger partial charge in [0, 0.05) is 29.8 Å². The summed E-state index contributed by atoms with van der Waals surface area (Å²) in [6, 6.07) is 13.7. The average Bonchev–Trinajstić information content (AvgIpc) is 3.55. The van der Waals surface area contributed by atoms with Crippen molar-refractivity contribution in [3.63, 3.8) is 0 Å². The van der Waals surface area contributed by atoms with Crippen LogP contribution < -0.4 is 15.6 Å². The van der Waals surface area contributed by atoms with Crippen LogP contribution in [0.1, 0.15) is 31.1 Å². The van der Waals surface area contributed by atoms with Crippen molar-refractivity contribution in [2.75, 3.05) is 5.32 Å². The molecule has 0 radical (unpaired) electrons. The average molecular weight is 483 g/mol. The van der Waals surface area contributed by atoms with Crippen molar-refractivity contribution in [2.45, 2.75) is 38.3 Å². The van der Waals surface area contributed by atoms with Gasteiger partial charge < -0.3 is 10.1 Å². The second kappa shape index (κ2) is 9.30. The van der Waals surface area contributed by atoms with E-state index in [0.29, 0.717) is 39.5 Å². The molecule has 174 valence electrons. The molecule has 1 aliphatic rings. The molecule has 0 saturated heterocycles. The quantitative estimate of drug-likeness (QED) is 0.381. The fraction of sp³-hybridized carbons (Fsp3) is 0.250. The number of thiazole rings is 1. The highest BCUT2D eigenvalue weighted by Crippen LogP contribution is 2.35. The van der Waals surface area contributed by atoms with Crippen molar-refractivity contribution in [3.8, 4) is 17.0 Å². The third-order valence-corrected chi connectivity index (χ3v) is 6.26. The smallest absolute Gasteiger partial charge is 0.387 e. The maximum absolute atomic E-state index is 13.0. The van der Waals surface area contributed by atoms with E-state index in [1.54, 1.807) is 40.3 Å². The second-order valence-corrected chi connectivity index (χ2v) is 8.77. The number of ether oxygens (including phenoxy) is 1. The van der Waals surface area contributed by atoms with Crippen molar-refractivity contribution in [1.82, 2.24) is 14.5 Å². The number of alkyl halides is 2. The van der Waals surface area contributed by atoms with Crippen LogP contribution in [-0.2, 0) is 11.2 Å². The number of halogens is 2. The number of rotatable bonds is 8. The lowest BCUT2D eigenvalue weighted by Crippen LogP contribution is -2.25. The van der Waals surface area contributed by atoms with Gasteiger partial charge in [0.2, 0.25) is 5.91 Å². The predicted octanol–water partition coefficient (Wildman–Crippen LogP) is 5.03. The first kappa shape index (κ1) is 22.1. The highest BCUT2D eigenvalue weighted by atomic mass is 32.1. The fourth-order valence-electron chi connectivity index (χ4n) is 3.82. The molecule has 0 spiro atoms. The molecule has 0 bridgehead atoms. The minimum atomic E-state index is -2.95. The molecule has 10 heteroatoms. The third-order valence-electron chi connectivity index (χ3n) is 5.50. The topological polar surface area (TPSA) is 86.1 Å². The number of fused-ring (bicyclic) bond motifs is 1. The lowest BCUT2D eigenvalue weighted by molar-refractivity contribution is -0.116. The van der Waals surface area contributed by atoms with Gasteiger partial charge in [0.05, 0.1) is 16.6 Å². The Morgan fingerprint density at radius 3 is 2.71 bits per heavy atom. The molecule has 7 nitrogen and oxygen atoms in total. The zero-order valence-electron chi connectivity index (χ0n) is 17.9. The number of benzene rings is 2. The number of anilines is 1. The van der Waals surface area contributed by atoms with Crippen LogP contribution in [-0.4, -0.2) is 27.1 Å². The number of nitrogens with one attached hydrogen (secondary N) is 1. The number of aryl methyl sites for hydroxylation is 1. The highest BCUT2D eigenvalue weighted by Gasteiger charge is 2.28. The molecule has 0 unspecified atom stereocenters. The molecule has 2 aromatic carbocycles. The first-order valence-corrected chi connectivity index (χ1v) is 11.7. The van der Waals surface area contributed by atoms with E-state index in [1.165, 1.54) is 17.4 Å². The maximum atomic E-state index is 13.0. The van der Waals surface area contributed by atoms with Crippen LogP contribution >= 0.6 is 11.3 Å². The number of amides is 1. The molecule has 2 heterocycles. The Morgan fingerprint density at radius 2 is 1.91 bits per heavy atom. The molecule has 1 fully saturated rings. The number of para-hydroxylation sites is 2. The molecular weight excluding hydrogens is 462 g/mol. The second-order valence-electron chi connectivity index (χ2n) is 7.91. The standard InChI is InChI=1S/C24H20F2N4O3S/c25-23(26)33-19-8-4-2-5-15(19)18-13-34-24(28-18)29-21(31)12-11-20-27-17-7-3-1-6-16(17)22(32)30(20)14-9-10-14/h1-8,13-14,23H,9-12H2,(H,28,29,31). The molecule has 5 rings (SSSR count). The molecule has 1 saturated carbocycles. The number of aromatic nitrogens is 3. The molecule has 0 atom stereocenters. The molecule has 1 N–H and O–H groups in total. The Morgan fingerprint density at radius 1 is 1.15 bits per heavy atom. The van der Waals surface area contributed by atoms with E-state index in [1.807, 2.05) is 12.1 Å². The van der Waals surface area contributed by atoms with Gasteiger partial charge in [0.1, 0.15) is 11.6 Å².